The molecule has 0 spiro atoms. The number of fused-ring (bicyclic) bond motifs is 1. The highest BCUT2D eigenvalue weighted by Crippen LogP contribution is 2.41. The molecule has 1 unspecified atom stereocenters. The Morgan fingerprint density at radius 1 is 1.52 bits per heavy atom. The number of hydrogen-bond donors (Lipinski definition) is 1. The van der Waals surface area contributed by atoms with Crippen molar-refractivity contribution in [2.24, 2.45) is 0 Å². The molecule has 1 aromatic heterocycles. The van der Waals surface area contributed by atoms with Crippen LogP contribution < -0.4 is 4.74 Å². The Kier molecular flexibility index (Phi) is 3.55. The average Bonchev–Trinajstić information content (AvgIpc) is 2.72. The van der Waals surface area contributed by atoms with Crippen LogP contribution in [0.5, 0.6) is 5.75 Å². The summed E-state index contributed by atoms with van der Waals surface area (Å²) in [5.74, 6) is 0.364. The molecule has 0 radical (unpaired) electrons. The molecule has 4 nitrogen and oxygen atoms in total. The Hall–Kier alpha value is -2.08. The van der Waals surface area contributed by atoms with Gasteiger partial charge in [0, 0.05) is 10.9 Å². The van der Waals surface area contributed by atoms with Crippen molar-refractivity contribution in [3.05, 3.63) is 40.3 Å². The Bertz CT molecular complexity index is 685. The lowest BCUT2D eigenvalue weighted by Crippen LogP contribution is -2.34. The highest BCUT2D eigenvalue weighted by Gasteiger charge is 2.27. The van der Waals surface area contributed by atoms with Gasteiger partial charge in [-0.2, -0.15) is 0 Å². The largest absolute Gasteiger partial charge is 0.487 e. The Balaban J connectivity index is 2.02. The van der Waals surface area contributed by atoms with E-state index in [0.29, 0.717) is 18.8 Å². The maximum Gasteiger partial charge on any atom is 0.407 e. The lowest BCUT2D eigenvalue weighted by molar-refractivity contribution is 0.121. The zero-order valence-corrected chi connectivity index (χ0v) is 12.2. The first kappa shape index (κ1) is 13.9. The van der Waals surface area contributed by atoms with Crippen molar-refractivity contribution in [2.75, 3.05) is 6.54 Å². The monoisotopic (exact) mass is 307 g/mol. The molecular weight excluding hydrogens is 293 g/mol. The molecular formula is C15H14FNO3S. The minimum atomic E-state index is -0.959. The van der Waals surface area contributed by atoms with Crippen molar-refractivity contribution in [3.8, 4) is 16.9 Å². The van der Waals surface area contributed by atoms with E-state index in [-0.39, 0.29) is 11.9 Å². The van der Waals surface area contributed by atoms with E-state index < -0.39 is 6.09 Å². The number of halogens is 1. The number of hydrogen-bond acceptors (Lipinski definition) is 3. The summed E-state index contributed by atoms with van der Waals surface area (Å²) in [6, 6.07) is 6.32. The number of rotatable bonds is 1. The number of nitrogens with zero attached hydrogens (tertiary/aromatic N) is 1. The molecule has 1 aliphatic rings. The van der Waals surface area contributed by atoms with Crippen LogP contribution >= 0.6 is 11.3 Å². The zero-order chi connectivity index (χ0) is 15.0. The fourth-order valence-corrected chi connectivity index (χ4v) is 3.41. The lowest BCUT2D eigenvalue weighted by Gasteiger charge is -2.18. The molecule has 1 aliphatic heterocycles. The summed E-state index contributed by atoms with van der Waals surface area (Å²) in [6.45, 7) is 2.45. The fraction of sp³-hybridized carbons (Fsp3) is 0.267. The molecule has 1 aromatic carbocycles. The number of ether oxygens (including phenoxy) is 1. The van der Waals surface area contributed by atoms with Gasteiger partial charge in [0.2, 0.25) is 0 Å². The number of benzene rings is 1. The van der Waals surface area contributed by atoms with Crippen LogP contribution in [0.25, 0.3) is 11.1 Å². The first-order chi connectivity index (χ1) is 10.0. The van der Waals surface area contributed by atoms with Gasteiger partial charge in [0.15, 0.2) is 0 Å². The van der Waals surface area contributed by atoms with Crippen LogP contribution in [-0.4, -0.2) is 28.7 Å². The van der Waals surface area contributed by atoms with Gasteiger partial charge in [0.25, 0.3) is 0 Å². The van der Waals surface area contributed by atoms with Gasteiger partial charge in [-0.1, -0.05) is 12.1 Å². The van der Waals surface area contributed by atoms with Crippen molar-refractivity contribution in [2.45, 2.75) is 19.6 Å². The van der Waals surface area contributed by atoms with Crippen LogP contribution in [0.15, 0.2) is 29.6 Å². The number of carboxylic acid groups (broad SMARTS) is 1. The van der Waals surface area contributed by atoms with Gasteiger partial charge >= 0.3 is 6.09 Å². The van der Waals surface area contributed by atoms with E-state index in [0.717, 1.165) is 16.0 Å². The predicted octanol–water partition coefficient (Wildman–Crippen LogP) is 3.82. The van der Waals surface area contributed by atoms with Crippen LogP contribution in [0, 0.1) is 5.82 Å². The van der Waals surface area contributed by atoms with Crippen molar-refractivity contribution < 1.29 is 19.0 Å². The van der Waals surface area contributed by atoms with E-state index in [2.05, 4.69) is 0 Å². The molecule has 110 valence electrons. The van der Waals surface area contributed by atoms with Crippen molar-refractivity contribution in [1.29, 1.82) is 0 Å². The standard InChI is InChI=1S/C15H14FNO3S/c1-9-6-17(15(18)19)7-13-14(20-9)12(8-21-13)10-3-2-4-11(16)5-10/h2-5,8-9H,6-7H2,1H3,(H,18,19). The predicted molar refractivity (Wildman–Crippen MR) is 78.2 cm³/mol. The Labute approximate surface area is 125 Å². The fourth-order valence-electron chi connectivity index (χ4n) is 2.41. The van der Waals surface area contributed by atoms with E-state index >= 15 is 0 Å². The summed E-state index contributed by atoms with van der Waals surface area (Å²) in [5, 5.41) is 11.1. The molecule has 0 saturated carbocycles. The zero-order valence-electron chi connectivity index (χ0n) is 11.4. The number of thiophene rings is 1. The molecule has 0 bridgehead atoms. The second-order valence-corrected chi connectivity index (χ2v) is 5.97. The molecule has 1 N–H and O–H groups in total. The quantitative estimate of drug-likeness (QED) is 0.871. The molecule has 6 heteroatoms. The molecule has 0 fully saturated rings. The minimum Gasteiger partial charge on any atom is -0.487 e. The van der Waals surface area contributed by atoms with E-state index in [1.165, 1.54) is 28.4 Å². The Morgan fingerprint density at radius 2 is 2.33 bits per heavy atom. The van der Waals surface area contributed by atoms with E-state index in [9.17, 15) is 14.3 Å². The van der Waals surface area contributed by atoms with Gasteiger partial charge in [-0.05, 0) is 24.6 Å². The number of amides is 1. The molecule has 2 heterocycles. The summed E-state index contributed by atoms with van der Waals surface area (Å²) in [7, 11) is 0. The van der Waals surface area contributed by atoms with Crippen LogP contribution in [0.3, 0.4) is 0 Å². The van der Waals surface area contributed by atoms with E-state index in [4.69, 9.17) is 4.74 Å². The normalized spacial score (nSPS) is 17.8. The van der Waals surface area contributed by atoms with Crippen molar-refractivity contribution >= 4 is 17.4 Å². The minimum absolute atomic E-state index is 0.246. The second kappa shape index (κ2) is 5.37. The first-order valence-electron chi connectivity index (χ1n) is 6.55. The van der Waals surface area contributed by atoms with E-state index in [1.807, 2.05) is 18.4 Å². The highest BCUT2D eigenvalue weighted by atomic mass is 32.1. The third-order valence-electron chi connectivity index (χ3n) is 3.35. The summed E-state index contributed by atoms with van der Waals surface area (Å²) in [6.07, 6.45) is -1.21. The van der Waals surface area contributed by atoms with Crippen LogP contribution in [0.2, 0.25) is 0 Å². The highest BCUT2D eigenvalue weighted by molar-refractivity contribution is 7.10. The molecule has 21 heavy (non-hydrogen) atoms. The molecule has 0 aliphatic carbocycles. The van der Waals surface area contributed by atoms with Gasteiger partial charge < -0.3 is 9.84 Å². The van der Waals surface area contributed by atoms with Crippen LogP contribution in [-0.2, 0) is 6.54 Å². The second-order valence-electron chi connectivity index (χ2n) is 5.00. The van der Waals surface area contributed by atoms with E-state index in [1.54, 1.807) is 6.07 Å². The van der Waals surface area contributed by atoms with Gasteiger partial charge in [0.05, 0.1) is 18.0 Å². The topological polar surface area (TPSA) is 49.8 Å². The molecule has 1 atom stereocenters. The van der Waals surface area contributed by atoms with Crippen LogP contribution in [0.4, 0.5) is 9.18 Å². The molecule has 1 amide bonds. The molecule has 3 rings (SSSR count). The summed E-state index contributed by atoms with van der Waals surface area (Å²) < 4.78 is 19.3. The lowest BCUT2D eigenvalue weighted by atomic mass is 10.1. The SMILES string of the molecule is CC1CN(C(=O)O)Cc2scc(-c3cccc(F)c3)c2O1. The smallest absolute Gasteiger partial charge is 0.407 e. The third-order valence-corrected chi connectivity index (χ3v) is 4.31. The summed E-state index contributed by atoms with van der Waals surface area (Å²) in [5.41, 5.74) is 1.55. The summed E-state index contributed by atoms with van der Waals surface area (Å²) >= 11 is 1.44. The number of carbonyl (C=O) groups is 1. The summed E-state index contributed by atoms with van der Waals surface area (Å²) in [4.78, 5) is 13.4. The third kappa shape index (κ3) is 2.71. The average molecular weight is 307 g/mol. The van der Waals surface area contributed by atoms with Gasteiger partial charge in [-0.3, -0.25) is 4.90 Å². The molecule has 2 aromatic rings. The first-order valence-corrected chi connectivity index (χ1v) is 7.43. The van der Waals surface area contributed by atoms with Crippen molar-refractivity contribution in [3.63, 3.8) is 0 Å². The van der Waals surface area contributed by atoms with Crippen LogP contribution in [0.1, 0.15) is 11.8 Å². The maximum atomic E-state index is 13.4. The van der Waals surface area contributed by atoms with Gasteiger partial charge in [-0.15, -0.1) is 11.3 Å². The van der Waals surface area contributed by atoms with Gasteiger partial charge in [-0.25, -0.2) is 9.18 Å². The van der Waals surface area contributed by atoms with Gasteiger partial charge in [0.1, 0.15) is 17.7 Å². The Morgan fingerprint density at radius 3 is 3.05 bits per heavy atom. The van der Waals surface area contributed by atoms with Crippen molar-refractivity contribution in [1.82, 2.24) is 4.90 Å². The maximum absolute atomic E-state index is 13.4. The molecule has 0 saturated heterocycles.